The summed E-state index contributed by atoms with van der Waals surface area (Å²) >= 11 is 0. The summed E-state index contributed by atoms with van der Waals surface area (Å²) in [6.45, 7) is 9.77. The predicted octanol–water partition coefficient (Wildman–Crippen LogP) is 0.163. The third-order valence-electron chi connectivity index (χ3n) is 1.20. The summed E-state index contributed by atoms with van der Waals surface area (Å²) in [7, 11) is 0. The molecule has 0 aromatic rings. The number of carboxylic acids is 1. The SMILES string of the molecule is C=C(C)C(=O)O.C=C(NC(N)=O)C(C)N. The van der Waals surface area contributed by atoms with E-state index in [9.17, 15) is 9.59 Å². The molecule has 6 nitrogen and oxygen atoms in total. The molecule has 0 aromatic heterocycles. The Labute approximate surface area is 88.6 Å². The summed E-state index contributed by atoms with van der Waals surface area (Å²) in [5.74, 6) is -0.935. The molecule has 0 aliphatic heterocycles. The molecular weight excluding hydrogens is 198 g/mol. The van der Waals surface area contributed by atoms with Crippen LogP contribution < -0.4 is 16.8 Å². The normalized spacial score (nSPS) is 10.3. The van der Waals surface area contributed by atoms with Crippen molar-refractivity contribution in [1.82, 2.24) is 5.32 Å². The number of primary amides is 1. The molecule has 0 spiro atoms. The first kappa shape index (κ1) is 15.6. The highest BCUT2D eigenvalue weighted by Gasteiger charge is 2.00. The molecule has 0 heterocycles. The Balaban J connectivity index is 0. The predicted molar refractivity (Wildman–Crippen MR) is 58.0 cm³/mol. The third kappa shape index (κ3) is 12.2. The number of carbonyl (C=O) groups is 2. The maximum atomic E-state index is 10.1. The van der Waals surface area contributed by atoms with Crippen molar-refractivity contribution in [3.8, 4) is 0 Å². The number of nitrogens with one attached hydrogen (secondary N) is 1. The highest BCUT2D eigenvalue weighted by Crippen LogP contribution is 1.87. The van der Waals surface area contributed by atoms with Gasteiger partial charge in [0.25, 0.3) is 0 Å². The Morgan fingerprint density at radius 2 is 1.73 bits per heavy atom. The van der Waals surface area contributed by atoms with Crippen LogP contribution in [-0.2, 0) is 4.79 Å². The number of urea groups is 1. The van der Waals surface area contributed by atoms with E-state index in [1.807, 2.05) is 0 Å². The molecule has 2 amide bonds. The van der Waals surface area contributed by atoms with E-state index in [2.05, 4.69) is 18.5 Å². The van der Waals surface area contributed by atoms with Gasteiger partial charge in [0.2, 0.25) is 0 Å². The van der Waals surface area contributed by atoms with Crippen LogP contribution in [0.1, 0.15) is 13.8 Å². The number of hydrogen-bond acceptors (Lipinski definition) is 3. The molecule has 6 N–H and O–H groups in total. The summed E-state index contributed by atoms with van der Waals surface area (Å²) in [5.41, 5.74) is 10.7. The van der Waals surface area contributed by atoms with Crippen LogP contribution in [0.5, 0.6) is 0 Å². The first-order valence-electron chi connectivity index (χ1n) is 4.08. The van der Waals surface area contributed by atoms with E-state index in [1.54, 1.807) is 6.92 Å². The second-order valence-electron chi connectivity index (χ2n) is 2.89. The van der Waals surface area contributed by atoms with Crippen LogP contribution in [0, 0.1) is 0 Å². The number of carbonyl (C=O) groups excluding carboxylic acids is 1. The van der Waals surface area contributed by atoms with Gasteiger partial charge in [0.15, 0.2) is 0 Å². The summed E-state index contributed by atoms with van der Waals surface area (Å²) < 4.78 is 0. The fourth-order valence-corrected chi connectivity index (χ4v) is 0.272. The zero-order chi connectivity index (χ0) is 12.6. The van der Waals surface area contributed by atoms with Gasteiger partial charge in [-0.3, -0.25) is 0 Å². The van der Waals surface area contributed by atoms with Crippen molar-refractivity contribution in [2.24, 2.45) is 11.5 Å². The molecule has 0 saturated carbocycles. The molecule has 0 aliphatic rings. The lowest BCUT2D eigenvalue weighted by Crippen LogP contribution is -2.35. The minimum absolute atomic E-state index is 0.176. The Bertz CT molecular complexity index is 260. The van der Waals surface area contributed by atoms with Crippen molar-refractivity contribution in [3.05, 3.63) is 24.4 Å². The van der Waals surface area contributed by atoms with Gasteiger partial charge < -0.3 is 21.9 Å². The van der Waals surface area contributed by atoms with E-state index in [0.717, 1.165) is 0 Å². The van der Waals surface area contributed by atoms with E-state index in [-0.39, 0.29) is 11.6 Å². The largest absolute Gasteiger partial charge is 0.478 e. The highest BCUT2D eigenvalue weighted by atomic mass is 16.4. The smallest absolute Gasteiger partial charge is 0.330 e. The topological polar surface area (TPSA) is 118 Å². The molecule has 0 aliphatic carbocycles. The number of amides is 2. The minimum atomic E-state index is -0.935. The Morgan fingerprint density at radius 3 is 1.80 bits per heavy atom. The maximum Gasteiger partial charge on any atom is 0.330 e. The highest BCUT2D eigenvalue weighted by molar-refractivity contribution is 5.84. The van der Waals surface area contributed by atoms with Gasteiger partial charge in [-0.05, 0) is 13.8 Å². The molecule has 86 valence electrons. The van der Waals surface area contributed by atoms with Gasteiger partial charge in [0, 0.05) is 17.3 Å². The first-order valence-corrected chi connectivity index (χ1v) is 4.08. The summed E-state index contributed by atoms with van der Waals surface area (Å²) in [6, 6.07) is -0.880. The van der Waals surface area contributed by atoms with E-state index < -0.39 is 12.0 Å². The molecule has 15 heavy (non-hydrogen) atoms. The van der Waals surface area contributed by atoms with Crippen LogP contribution in [-0.4, -0.2) is 23.1 Å². The number of aliphatic carboxylic acids is 1. The van der Waals surface area contributed by atoms with Crippen molar-refractivity contribution in [2.75, 3.05) is 0 Å². The summed E-state index contributed by atoms with van der Waals surface area (Å²) in [4.78, 5) is 19.7. The van der Waals surface area contributed by atoms with Crippen molar-refractivity contribution >= 4 is 12.0 Å². The van der Waals surface area contributed by atoms with Gasteiger partial charge in [0.1, 0.15) is 0 Å². The van der Waals surface area contributed by atoms with Gasteiger partial charge in [-0.25, -0.2) is 9.59 Å². The van der Waals surface area contributed by atoms with E-state index in [0.29, 0.717) is 5.70 Å². The van der Waals surface area contributed by atoms with Crippen LogP contribution in [0.2, 0.25) is 0 Å². The lowest BCUT2D eigenvalue weighted by Gasteiger charge is -2.07. The van der Waals surface area contributed by atoms with E-state index >= 15 is 0 Å². The molecule has 1 atom stereocenters. The minimum Gasteiger partial charge on any atom is -0.478 e. The third-order valence-corrected chi connectivity index (χ3v) is 1.20. The van der Waals surface area contributed by atoms with Gasteiger partial charge in [-0.2, -0.15) is 0 Å². The van der Waals surface area contributed by atoms with Gasteiger partial charge in [0.05, 0.1) is 0 Å². The molecule has 0 rings (SSSR count). The Morgan fingerprint density at radius 1 is 1.40 bits per heavy atom. The lowest BCUT2D eigenvalue weighted by molar-refractivity contribution is -0.132. The van der Waals surface area contributed by atoms with Crippen molar-refractivity contribution in [1.29, 1.82) is 0 Å². The fourth-order valence-electron chi connectivity index (χ4n) is 0.272. The molecular formula is C9H17N3O3. The summed E-state index contributed by atoms with van der Waals surface area (Å²) in [6.07, 6.45) is 0. The maximum absolute atomic E-state index is 10.1. The first-order chi connectivity index (χ1) is 6.68. The van der Waals surface area contributed by atoms with Gasteiger partial charge >= 0.3 is 12.0 Å². The van der Waals surface area contributed by atoms with E-state index in [1.165, 1.54) is 6.92 Å². The quantitative estimate of drug-likeness (QED) is 0.501. The summed E-state index contributed by atoms with van der Waals surface area (Å²) in [5, 5.41) is 10.2. The number of rotatable bonds is 3. The average molecular weight is 215 g/mol. The molecule has 0 bridgehead atoms. The molecule has 0 radical (unpaired) electrons. The van der Waals surface area contributed by atoms with Crippen LogP contribution in [0.4, 0.5) is 4.79 Å². The monoisotopic (exact) mass is 215 g/mol. The van der Waals surface area contributed by atoms with Gasteiger partial charge in [-0.1, -0.05) is 13.2 Å². The average Bonchev–Trinajstić information content (AvgIpc) is 2.03. The Kier molecular flexibility index (Phi) is 7.90. The van der Waals surface area contributed by atoms with Crippen LogP contribution >= 0.6 is 0 Å². The second-order valence-corrected chi connectivity index (χ2v) is 2.89. The van der Waals surface area contributed by atoms with Crippen molar-refractivity contribution in [2.45, 2.75) is 19.9 Å². The van der Waals surface area contributed by atoms with Crippen molar-refractivity contribution < 1.29 is 14.7 Å². The zero-order valence-corrected chi connectivity index (χ0v) is 8.91. The zero-order valence-electron chi connectivity index (χ0n) is 8.91. The molecule has 0 fully saturated rings. The standard InChI is InChI=1S/C5H11N3O.C4H6O2/c1-3(6)4(2)8-5(7)9;1-3(2)4(5)6/h3H,2,6H2,1H3,(H3,7,8,9);1H2,2H3,(H,5,6). The fraction of sp³-hybridized carbons (Fsp3) is 0.333. The van der Waals surface area contributed by atoms with Crippen molar-refractivity contribution in [3.63, 3.8) is 0 Å². The molecule has 0 aromatic carbocycles. The van der Waals surface area contributed by atoms with E-state index in [4.69, 9.17) is 16.6 Å². The van der Waals surface area contributed by atoms with Crippen LogP contribution in [0.25, 0.3) is 0 Å². The van der Waals surface area contributed by atoms with Gasteiger partial charge in [-0.15, -0.1) is 0 Å². The van der Waals surface area contributed by atoms with Crippen LogP contribution in [0.3, 0.4) is 0 Å². The number of hydrogen-bond donors (Lipinski definition) is 4. The number of nitrogens with two attached hydrogens (primary N) is 2. The van der Waals surface area contributed by atoms with Crippen LogP contribution in [0.15, 0.2) is 24.4 Å². The second kappa shape index (κ2) is 7.57. The Hall–Kier alpha value is -1.82. The molecule has 0 saturated heterocycles. The lowest BCUT2D eigenvalue weighted by atomic mass is 10.3. The number of carboxylic acid groups (broad SMARTS) is 1. The molecule has 1 unspecified atom stereocenters. The molecule has 6 heteroatoms.